The number of primary sulfonamides is 1. The van der Waals surface area contributed by atoms with E-state index in [1.807, 2.05) is 5.38 Å². The lowest BCUT2D eigenvalue weighted by atomic mass is 10.1. The number of nitrogens with zero attached hydrogens (tertiary/aromatic N) is 3. The number of rotatable bonds is 3. The van der Waals surface area contributed by atoms with Crippen molar-refractivity contribution < 1.29 is 8.42 Å². The number of nitrogens with two attached hydrogens (primary N) is 1. The third kappa shape index (κ3) is 2.84. The molecule has 0 saturated heterocycles. The molecule has 1 unspecified atom stereocenters. The first-order valence-electron chi connectivity index (χ1n) is 7.71. The average Bonchev–Trinajstić information content (AvgIpc) is 3.11. The fraction of sp³-hybridized carbons (Fsp3) is 0.250. The maximum Gasteiger partial charge on any atom is 0.258 e. The molecule has 0 bridgehead atoms. The van der Waals surface area contributed by atoms with Gasteiger partial charge in [-0.15, -0.1) is 11.3 Å². The van der Waals surface area contributed by atoms with Crippen molar-refractivity contribution in [3.05, 3.63) is 57.5 Å². The second kappa shape index (κ2) is 5.65. The molecule has 4 rings (SSSR count). The minimum Gasteiger partial charge on any atom is -0.362 e. The van der Waals surface area contributed by atoms with Gasteiger partial charge in [-0.25, -0.2) is 18.5 Å². The summed E-state index contributed by atoms with van der Waals surface area (Å²) in [6, 6.07) is 6.64. The van der Waals surface area contributed by atoms with Crippen LogP contribution >= 0.6 is 11.3 Å². The molecule has 0 amide bonds. The highest BCUT2D eigenvalue weighted by Gasteiger charge is 2.27. The number of aromatic nitrogens is 2. The molecule has 9 heteroatoms. The highest BCUT2D eigenvalue weighted by molar-refractivity contribution is 7.89. The molecular weight excluding hydrogens is 360 g/mol. The molecule has 25 heavy (non-hydrogen) atoms. The summed E-state index contributed by atoms with van der Waals surface area (Å²) in [5.41, 5.74) is 2.49. The highest BCUT2D eigenvalue weighted by Crippen LogP contribution is 2.34. The summed E-state index contributed by atoms with van der Waals surface area (Å²) in [5.74, 6) is 0. The fourth-order valence-corrected chi connectivity index (χ4v) is 4.54. The topological polar surface area (TPSA) is 97.8 Å². The van der Waals surface area contributed by atoms with Crippen LogP contribution in [-0.4, -0.2) is 23.8 Å². The molecule has 3 aromatic rings. The zero-order valence-corrected chi connectivity index (χ0v) is 15.0. The zero-order valence-electron chi connectivity index (χ0n) is 13.4. The molecule has 130 valence electrons. The summed E-state index contributed by atoms with van der Waals surface area (Å²) >= 11 is 1.42. The van der Waals surface area contributed by atoms with Crippen LogP contribution in [0.15, 0.2) is 45.5 Å². The molecule has 0 fully saturated rings. The van der Waals surface area contributed by atoms with Gasteiger partial charge in [0.1, 0.15) is 0 Å². The number of benzene rings is 1. The van der Waals surface area contributed by atoms with Crippen molar-refractivity contribution in [2.75, 3.05) is 4.90 Å². The Bertz CT molecular complexity index is 1130. The van der Waals surface area contributed by atoms with Gasteiger partial charge >= 0.3 is 0 Å². The molecule has 1 aliphatic heterocycles. The van der Waals surface area contributed by atoms with Crippen molar-refractivity contribution in [3.63, 3.8) is 0 Å². The first-order valence-corrected chi connectivity index (χ1v) is 10.1. The summed E-state index contributed by atoms with van der Waals surface area (Å²) in [5, 5.41) is 7.05. The lowest BCUT2D eigenvalue weighted by Crippen LogP contribution is -2.30. The van der Waals surface area contributed by atoms with Gasteiger partial charge in [-0.1, -0.05) is 0 Å². The Hall–Kier alpha value is -2.23. The van der Waals surface area contributed by atoms with Crippen LogP contribution in [0.1, 0.15) is 18.2 Å². The second-order valence-electron chi connectivity index (χ2n) is 6.16. The van der Waals surface area contributed by atoms with E-state index < -0.39 is 10.0 Å². The molecule has 2 N–H and O–H groups in total. The van der Waals surface area contributed by atoms with Crippen LogP contribution in [-0.2, 0) is 23.0 Å². The van der Waals surface area contributed by atoms with E-state index in [0.29, 0.717) is 17.2 Å². The van der Waals surface area contributed by atoms with Gasteiger partial charge in [-0.2, -0.15) is 0 Å². The molecule has 0 radical (unpaired) electrons. The van der Waals surface area contributed by atoms with E-state index in [4.69, 9.17) is 5.14 Å². The molecule has 7 nitrogen and oxygen atoms in total. The molecule has 1 aliphatic rings. The van der Waals surface area contributed by atoms with Crippen molar-refractivity contribution in [2.24, 2.45) is 5.14 Å². The Labute approximate surface area is 148 Å². The maximum atomic E-state index is 12.1. The molecule has 1 atom stereocenters. The van der Waals surface area contributed by atoms with Crippen molar-refractivity contribution in [1.82, 2.24) is 9.38 Å². The van der Waals surface area contributed by atoms with Crippen LogP contribution < -0.4 is 15.6 Å². The van der Waals surface area contributed by atoms with E-state index in [9.17, 15) is 13.2 Å². The summed E-state index contributed by atoms with van der Waals surface area (Å²) in [6.07, 6.45) is 2.43. The number of sulfonamides is 1. The van der Waals surface area contributed by atoms with Crippen LogP contribution in [0.5, 0.6) is 0 Å². The first kappa shape index (κ1) is 16.2. The number of anilines is 1. The molecule has 2 aromatic heterocycles. The Morgan fingerprint density at radius 1 is 1.36 bits per heavy atom. The minimum atomic E-state index is -3.72. The van der Waals surface area contributed by atoms with Crippen LogP contribution in [0.4, 0.5) is 5.69 Å². The third-order valence-corrected chi connectivity index (χ3v) is 6.09. The molecule has 1 aromatic carbocycles. The van der Waals surface area contributed by atoms with Gasteiger partial charge in [-0.3, -0.25) is 9.20 Å². The summed E-state index contributed by atoms with van der Waals surface area (Å²) in [4.78, 5) is 19.6. The lowest BCUT2D eigenvalue weighted by molar-refractivity contribution is 0.597. The minimum absolute atomic E-state index is 0.0992. The summed E-state index contributed by atoms with van der Waals surface area (Å²) < 4.78 is 24.6. The predicted octanol–water partition coefficient (Wildman–Crippen LogP) is 1.35. The number of fused-ring (bicyclic) bond motifs is 2. The predicted molar refractivity (Wildman–Crippen MR) is 96.5 cm³/mol. The standard InChI is InChI=1S/C16H16N4O3S2/c1-10-6-11-7-13(25(17,22)23)2-3-14(11)20(10)9-12-8-15(21)19-4-5-24-16(19)18-12/h2-5,7-8,10H,6,9H2,1H3,(H2,17,22,23). The van der Waals surface area contributed by atoms with Crippen LogP contribution in [0.3, 0.4) is 0 Å². The smallest absolute Gasteiger partial charge is 0.258 e. The van der Waals surface area contributed by atoms with E-state index in [2.05, 4.69) is 16.8 Å². The van der Waals surface area contributed by atoms with Gasteiger partial charge < -0.3 is 4.90 Å². The SMILES string of the molecule is CC1Cc2cc(S(N)(=O)=O)ccc2N1Cc1cc(=O)n2ccsc2n1. The first-order chi connectivity index (χ1) is 11.8. The Morgan fingerprint density at radius 3 is 2.92 bits per heavy atom. The Kier molecular flexibility index (Phi) is 3.67. The van der Waals surface area contributed by atoms with E-state index in [1.54, 1.807) is 24.4 Å². The normalized spacial score (nSPS) is 17.2. The summed E-state index contributed by atoms with van der Waals surface area (Å²) in [7, 11) is -3.72. The summed E-state index contributed by atoms with van der Waals surface area (Å²) in [6.45, 7) is 2.56. The van der Waals surface area contributed by atoms with E-state index in [-0.39, 0.29) is 16.5 Å². The molecular formula is C16H16N4O3S2. The van der Waals surface area contributed by atoms with Gasteiger partial charge in [0.15, 0.2) is 4.96 Å². The van der Waals surface area contributed by atoms with Crippen molar-refractivity contribution in [2.45, 2.75) is 30.8 Å². The Morgan fingerprint density at radius 2 is 2.16 bits per heavy atom. The zero-order chi connectivity index (χ0) is 17.8. The van der Waals surface area contributed by atoms with Gasteiger partial charge in [-0.05, 0) is 37.1 Å². The molecule has 0 aliphatic carbocycles. The monoisotopic (exact) mass is 376 g/mol. The van der Waals surface area contributed by atoms with Crippen molar-refractivity contribution in [3.8, 4) is 0 Å². The average molecular weight is 376 g/mol. The number of hydrogen-bond donors (Lipinski definition) is 1. The Balaban J connectivity index is 1.71. The highest BCUT2D eigenvalue weighted by atomic mass is 32.2. The van der Waals surface area contributed by atoms with Crippen molar-refractivity contribution in [1.29, 1.82) is 0 Å². The van der Waals surface area contributed by atoms with Gasteiger partial charge in [0, 0.05) is 29.4 Å². The molecule has 0 spiro atoms. The number of thiazole rings is 1. The van der Waals surface area contributed by atoms with Crippen LogP contribution in [0, 0.1) is 0 Å². The van der Waals surface area contributed by atoms with Crippen molar-refractivity contribution >= 4 is 32.0 Å². The van der Waals surface area contributed by atoms with E-state index >= 15 is 0 Å². The number of hydrogen-bond acceptors (Lipinski definition) is 6. The quantitative estimate of drug-likeness (QED) is 0.744. The fourth-order valence-electron chi connectivity index (χ4n) is 3.23. The van der Waals surface area contributed by atoms with E-state index in [1.165, 1.54) is 21.8 Å². The van der Waals surface area contributed by atoms with Gasteiger partial charge in [0.2, 0.25) is 10.0 Å². The van der Waals surface area contributed by atoms with Crippen LogP contribution in [0.2, 0.25) is 0 Å². The largest absolute Gasteiger partial charge is 0.362 e. The lowest BCUT2D eigenvalue weighted by Gasteiger charge is -2.24. The molecule has 3 heterocycles. The second-order valence-corrected chi connectivity index (χ2v) is 8.59. The van der Waals surface area contributed by atoms with Gasteiger partial charge in [0.25, 0.3) is 5.56 Å². The van der Waals surface area contributed by atoms with Gasteiger partial charge in [0.05, 0.1) is 17.1 Å². The maximum absolute atomic E-state index is 12.1. The molecule has 0 saturated carbocycles. The third-order valence-electron chi connectivity index (χ3n) is 4.42. The van der Waals surface area contributed by atoms with E-state index in [0.717, 1.165) is 17.7 Å². The van der Waals surface area contributed by atoms with Crippen LogP contribution in [0.25, 0.3) is 4.96 Å².